The standard InChI is InChI=1S/C13H14F2O3.C12H23N/c14-12(15)7-6-10(8-12)13(18,11(16)17)9-4-2-1-3-5-9;1-3-7-11(8-4-1)13-12-9-5-2-6-10-12/h1-5,10,18H,6-8H2,(H,16,17);11-13H,1-10H2/t10-,13+;/m1./s1. The van der Waals surface area contributed by atoms with Crippen molar-refractivity contribution in [3.8, 4) is 0 Å². The highest BCUT2D eigenvalue weighted by Gasteiger charge is 2.53. The van der Waals surface area contributed by atoms with Crippen LogP contribution in [0.4, 0.5) is 8.78 Å². The normalized spacial score (nSPS) is 26.5. The molecule has 3 aliphatic carbocycles. The third-order valence-electron chi connectivity index (χ3n) is 7.22. The van der Waals surface area contributed by atoms with Gasteiger partial charge in [-0.25, -0.2) is 13.6 Å². The Morgan fingerprint density at radius 1 is 0.903 bits per heavy atom. The van der Waals surface area contributed by atoms with Crippen LogP contribution in [0.5, 0.6) is 0 Å². The van der Waals surface area contributed by atoms with Crippen LogP contribution < -0.4 is 5.32 Å². The van der Waals surface area contributed by atoms with Gasteiger partial charge in [0.05, 0.1) is 0 Å². The first kappa shape index (κ1) is 24.1. The minimum atomic E-state index is -2.89. The van der Waals surface area contributed by atoms with Crippen molar-refractivity contribution in [2.24, 2.45) is 5.92 Å². The molecule has 0 radical (unpaired) electrons. The van der Waals surface area contributed by atoms with E-state index in [2.05, 4.69) is 5.32 Å². The zero-order valence-electron chi connectivity index (χ0n) is 18.4. The van der Waals surface area contributed by atoms with E-state index < -0.39 is 29.8 Å². The van der Waals surface area contributed by atoms with Gasteiger partial charge in [0, 0.05) is 30.8 Å². The zero-order valence-corrected chi connectivity index (χ0v) is 18.4. The Balaban J connectivity index is 0.000000185. The predicted molar refractivity (Wildman–Crippen MR) is 117 cm³/mol. The van der Waals surface area contributed by atoms with E-state index in [0.29, 0.717) is 0 Å². The number of halogens is 2. The Bertz CT molecular complexity index is 671. The molecule has 0 aromatic heterocycles. The van der Waals surface area contributed by atoms with Gasteiger partial charge in [0.15, 0.2) is 5.60 Å². The molecule has 6 heteroatoms. The van der Waals surface area contributed by atoms with Crippen molar-refractivity contribution in [3.63, 3.8) is 0 Å². The smallest absolute Gasteiger partial charge is 0.340 e. The van der Waals surface area contributed by atoms with Crippen molar-refractivity contribution in [2.45, 2.75) is 107 Å². The van der Waals surface area contributed by atoms with Crippen LogP contribution in [-0.4, -0.2) is 34.2 Å². The molecule has 2 atom stereocenters. The summed E-state index contributed by atoms with van der Waals surface area (Å²) >= 11 is 0. The molecule has 0 aliphatic heterocycles. The van der Waals surface area contributed by atoms with Gasteiger partial charge < -0.3 is 15.5 Å². The summed E-state index contributed by atoms with van der Waals surface area (Å²) in [5.74, 6) is -5.33. The fraction of sp³-hybridized carbons (Fsp3) is 0.720. The predicted octanol–water partition coefficient (Wildman–Crippen LogP) is 5.64. The number of alkyl halides is 2. The molecule has 1 aromatic rings. The van der Waals surface area contributed by atoms with Crippen LogP contribution in [0.1, 0.15) is 89.0 Å². The lowest BCUT2D eigenvalue weighted by Crippen LogP contribution is -2.42. The minimum absolute atomic E-state index is 0.00466. The first-order chi connectivity index (χ1) is 14.8. The molecule has 31 heavy (non-hydrogen) atoms. The second kappa shape index (κ2) is 10.9. The van der Waals surface area contributed by atoms with E-state index in [9.17, 15) is 23.8 Å². The van der Waals surface area contributed by atoms with E-state index in [4.69, 9.17) is 0 Å². The van der Waals surface area contributed by atoms with Crippen LogP contribution in [0.15, 0.2) is 30.3 Å². The van der Waals surface area contributed by atoms with E-state index in [1.165, 1.54) is 76.3 Å². The first-order valence-electron chi connectivity index (χ1n) is 12.0. The summed E-state index contributed by atoms with van der Waals surface area (Å²) in [4.78, 5) is 11.3. The maximum atomic E-state index is 13.2. The third-order valence-corrected chi connectivity index (χ3v) is 7.22. The van der Waals surface area contributed by atoms with Crippen molar-refractivity contribution in [1.82, 2.24) is 5.32 Å². The van der Waals surface area contributed by atoms with Crippen molar-refractivity contribution >= 4 is 5.97 Å². The Labute approximate surface area is 184 Å². The van der Waals surface area contributed by atoms with E-state index in [0.717, 1.165) is 12.1 Å². The molecule has 0 unspecified atom stereocenters. The Kier molecular flexibility index (Phi) is 8.45. The van der Waals surface area contributed by atoms with Gasteiger partial charge in [-0.2, -0.15) is 0 Å². The molecule has 1 aromatic carbocycles. The average Bonchev–Trinajstić information content (AvgIpc) is 3.15. The fourth-order valence-corrected chi connectivity index (χ4v) is 5.40. The Hall–Kier alpha value is -1.53. The Morgan fingerprint density at radius 2 is 1.42 bits per heavy atom. The van der Waals surface area contributed by atoms with Crippen molar-refractivity contribution < 1.29 is 23.8 Å². The van der Waals surface area contributed by atoms with Crippen molar-refractivity contribution in [2.75, 3.05) is 0 Å². The average molecular weight is 438 g/mol. The van der Waals surface area contributed by atoms with Gasteiger partial charge >= 0.3 is 5.97 Å². The van der Waals surface area contributed by atoms with Crippen LogP contribution in [0.25, 0.3) is 0 Å². The molecule has 4 nitrogen and oxygen atoms in total. The molecule has 3 N–H and O–H groups in total. The zero-order chi connectivity index (χ0) is 22.3. The Morgan fingerprint density at radius 3 is 1.84 bits per heavy atom. The highest BCUT2D eigenvalue weighted by Crippen LogP contribution is 2.47. The topological polar surface area (TPSA) is 69.6 Å². The summed E-state index contributed by atoms with van der Waals surface area (Å²) in [7, 11) is 0. The van der Waals surface area contributed by atoms with Crippen LogP contribution in [0.3, 0.4) is 0 Å². The fourth-order valence-electron chi connectivity index (χ4n) is 5.40. The van der Waals surface area contributed by atoms with Gasteiger partial charge in [-0.05, 0) is 37.7 Å². The van der Waals surface area contributed by atoms with Gasteiger partial charge in [0.25, 0.3) is 0 Å². The second-order valence-electron chi connectivity index (χ2n) is 9.57. The molecule has 3 saturated carbocycles. The highest BCUT2D eigenvalue weighted by atomic mass is 19.3. The third kappa shape index (κ3) is 6.48. The second-order valence-corrected chi connectivity index (χ2v) is 9.57. The maximum Gasteiger partial charge on any atom is 0.340 e. The molecule has 3 aliphatic rings. The number of carboxylic acid groups (broad SMARTS) is 1. The quantitative estimate of drug-likeness (QED) is 0.558. The molecule has 0 heterocycles. The molecular weight excluding hydrogens is 400 g/mol. The van der Waals surface area contributed by atoms with E-state index >= 15 is 0 Å². The number of carbonyl (C=O) groups is 1. The van der Waals surface area contributed by atoms with E-state index in [-0.39, 0.29) is 18.4 Å². The van der Waals surface area contributed by atoms with Gasteiger partial charge in [0.1, 0.15) is 0 Å². The molecule has 0 spiro atoms. The minimum Gasteiger partial charge on any atom is -0.479 e. The molecule has 0 bridgehead atoms. The first-order valence-corrected chi connectivity index (χ1v) is 12.0. The summed E-state index contributed by atoms with van der Waals surface area (Å²) < 4.78 is 26.4. The highest BCUT2D eigenvalue weighted by molar-refractivity contribution is 5.79. The number of hydrogen-bond donors (Lipinski definition) is 3. The van der Waals surface area contributed by atoms with Gasteiger partial charge in [0.2, 0.25) is 5.92 Å². The van der Waals surface area contributed by atoms with Gasteiger partial charge in [-0.1, -0.05) is 68.9 Å². The van der Waals surface area contributed by atoms with Crippen molar-refractivity contribution in [1.29, 1.82) is 0 Å². The number of nitrogens with one attached hydrogen (secondary N) is 1. The lowest BCUT2D eigenvalue weighted by molar-refractivity contribution is -0.167. The molecule has 0 amide bonds. The molecule has 4 rings (SSSR count). The lowest BCUT2D eigenvalue weighted by Gasteiger charge is -2.30. The number of carboxylic acids is 1. The monoisotopic (exact) mass is 437 g/mol. The largest absolute Gasteiger partial charge is 0.479 e. The molecule has 174 valence electrons. The maximum absolute atomic E-state index is 13.2. The number of benzene rings is 1. The van der Waals surface area contributed by atoms with Crippen LogP contribution >= 0.6 is 0 Å². The number of aliphatic carboxylic acids is 1. The summed E-state index contributed by atoms with van der Waals surface area (Å²) in [5, 5.41) is 23.4. The van der Waals surface area contributed by atoms with Gasteiger partial charge in [-0.15, -0.1) is 0 Å². The summed E-state index contributed by atoms with van der Waals surface area (Å²) in [6, 6.07) is 9.48. The SMILES string of the molecule is C1CCC(NC2CCCCC2)CC1.O=C(O)[C@](O)(c1ccccc1)[C@@H]1CCC(F)(F)C1. The number of hydrogen-bond acceptors (Lipinski definition) is 3. The van der Waals surface area contributed by atoms with E-state index in [1.807, 2.05) is 0 Å². The lowest BCUT2D eigenvalue weighted by atomic mass is 9.80. The number of aliphatic hydroxyl groups is 1. The van der Waals surface area contributed by atoms with Crippen LogP contribution in [0.2, 0.25) is 0 Å². The molecule has 0 saturated heterocycles. The summed E-state index contributed by atoms with van der Waals surface area (Å²) in [5.41, 5.74) is -2.08. The summed E-state index contributed by atoms with van der Waals surface area (Å²) in [6.45, 7) is 0. The molecule has 3 fully saturated rings. The molecular formula is C25H37F2NO3. The van der Waals surface area contributed by atoms with Gasteiger partial charge in [-0.3, -0.25) is 0 Å². The van der Waals surface area contributed by atoms with Crippen LogP contribution in [-0.2, 0) is 10.4 Å². The summed E-state index contributed by atoms with van der Waals surface area (Å²) in [6.07, 6.45) is 13.6. The van der Waals surface area contributed by atoms with E-state index in [1.54, 1.807) is 18.2 Å². The van der Waals surface area contributed by atoms with Crippen LogP contribution in [0, 0.1) is 5.92 Å². The van der Waals surface area contributed by atoms with Crippen molar-refractivity contribution in [3.05, 3.63) is 35.9 Å². The number of rotatable bonds is 5.